The molecule has 11 heteroatoms. The summed E-state index contributed by atoms with van der Waals surface area (Å²) in [6.45, 7) is 9.00. The summed E-state index contributed by atoms with van der Waals surface area (Å²) in [5.74, 6) is 0.965. The molecule has 0 spiro atoms. The number of anilines is 2. The second-order valence-corrected chi connectivity index (χ2v) is 12.3. The van der Waals surface area contributed by atoms with Crippen molar-refractivity contribution in [2.45, 2.75) is 45.4 Å². The zero-order valence-electron chi connectivity index (χ0n) is 25.5. The van der Waals surface area contributed by atoms with E-state index in [0.29, 0.717) is 67.2 Å². The predicted octanol–water partition coefficient (Wildman–Crippen LogP) is 3.45. The quantitative estimate of drug-likeness (QED) is 0.318. The first-order chi connectivity index (χ1) is 21.4. The van der Waals surface area contributed by atoms with E-state index in [1.165, 1.54) is 6.07 Å². The van der Waals surface area contributed by atoms with Gasteiger partial charge < -0.3 is 24.0 Å². The van der Waals surface area contributed by atoms with Crippen molar-refractivity contribution in [3.8, 4) is 5.75 Å². The number of aromatic nitrogens is 4. The Kier molecular flexibility index (Phi) is 7.90. The van der Waals surface area contributed by atoms with Crippen molar-refractivity contribution in [3.63, 3.8) is 0 Å². The second-order valence-electron chi connectivity index (χ2n) is 12.3. The minimum absolute atomic E-state index is 0.138. The highest BCUT2D eigenvalue weighted by molar-refractivity contribution is 5.92. The van der Waals surface area contributed by atoms with Gasteiger partial charge in [0.15, 0.2) is 17.0 Å². The molecule has 0 bridgehead atoms. The third-order valence-electron chi connectivity index (χ3n) is 9.19. The number of piperazine rings is 1. The number of rotatable bonds is 7. The van der Waals surface area contributed by atoms with Crippen LogP contribution < -0.4 is 20.0 Å². The lowest BCUT2D eigenvalue weighted by Gasteiger charge is -2.40. The van der Waals surface area contributed by atoms with Crippen LogP contribution in [0.25, 0.3) is 10.9 Å². The molecule has 2 fully saturated rings. The zero-order chi connectivity index (χ0) is 30.2. The highest BCUT2D eigenvalue weighted by Gasteiger charge is 2.31. The van der Waals surface area contributed by atoms with Crippen molar-refractivity contribution in [1.29, 1.82) is 0 Å². The Bertz CT molecular complexity index is 1710. The minimum Gasteiger partial charge on any atom is -0.487 e. The minimum atomic E-state index is -0.394. The molecule has 0 radical (unpaired) electrons. The highest BCUT2D eigenvalue weighted by atomic mass is 19.1. The van der Waals surface area contributed by atoms with E-state index < -0.39 is 5.82 Å². The number of hydrogen-bond donors (Lipinski definition) is 0. The predicted molar refractivity (Wildman–Crippen MR) is 169 cm³/mol. The summed E-state index contributed by atoms with van der Waals surface area (Å²) in [6.07, 6.45) is 13.0. The molecule has 10 nitrogen and oxygen atoms in total. The molecular formula is C33H39FN8O2. The van der Waals surface area contributed by atoms with E-state index in [1.807, 2.05) is 31.7 Å². The van der Waals surface area contributed by atoms with Gasteiger partial charge in [-0.2, -0.15) is 0 Å². The molecule has 0 N–H and O–H groups in total. The maximum Gasteiger partial charge on any atom is 0.194 e. The Hall–Kier alpha value is -4.09. The molecule has 3 aliphatic heterocycles. The van der Waals surface area contributed by atoms with Crippen LogP contribution in [0.4, 0.5) is 15.9 Å². The Labute approximate surface area is 256 Å². The molecule has 44 heavy (non-hydrogen) atoms. The first-order valence-corrected chi connectivity index (χ1v) is 15.5. The van der Waals surface area contributed by atoms with E-state index in [4.69, 9.17) is 4.74 Å². The summed E-state index contributed by atoms with van der Waals surface area (Å²) in [6, 6.07) is 3.77. The van der Waals surface area contributed by atoms with Gasteiger partial charge in [0, 0.05) is 94.9 Å². The standard InChI is InChI=1S/C33H39FN8O2/c1-23-14-24(17-36-16-23)19-42(26-4-3-7-40(22-26)29-18-35-5-6-37-29)21-25-20-41-12-13-44-33-30(41)27(32(25)43)15-28(34)31(33)39-10-8-38(2)9-11-39/h5-6,14-18,20,26H,3-4,7-13,19,21-22H2,1-2H3. The summed E-state index contributed by atoms with van der Waals surface area (Å²) >= 11 is 0. The first kappa shape index (κ1) is 28.7. The smallest absolute Gasteiger partial charge is 0.194 e. The molecule has 0 saturated carbocycles. The third-order valence-corrected chi connectivity index (χ3v) is 9.19. The Morgan fingerprint density at radius 1 is 1.00 bits per heavy atom. The summed E-state index contributed by atoms with van der Waals surface area (Å²) in [5.41, 5.74) is 3.89. The fourth-order valence-electron chi connectivity index (χ4n) is 6.93. The van der Waals surface area contributed by atoms with Gasteiger partial charge in [-0.05, 0) is 44.0 Å². The molecule has 230 valence electrons. The summed E-state index contributed by atoms with van der Waals surface area (Å²) in [5, 5.41) is 0.384. The summed E-state index contributed by atoms with van der Waals surface area (Å²) < 4.78 is 24.1. The molecule has 2 saturated heterocycles. The molecule has 6 heterocycles. The molecule has 0 amide bonds. The second kappa shape index (κ2) is 12.1. The average Bonchev–Trinajstić information content (AvgIpc) is 3.04. The van der Waals surface area contributed by atoms with Gasteiger partial charge in [0.2, 0.25) is 0 Å². The van der Waals surface area contributed by atoms with Crippen LogP contribution >= 0.6 is 0 Å². The monoisotopic (exact) mass is 598 g/mol. The van der Waals surface area contributed by atoms with Crippen molar-refractivity contribution in [1.82, 2.24) is 29.3 Å². The summed E-state index contributed by atoms with van der Waals surface area (Å²) in [7, 11) is 2.08. The maximum atomic E-state index is 15.9. The van der Waals surface area contributed by atoms with Crippen LogP contribution in [0.5, 0.6) is 5.75 Å². The summed E-state index contributed by atoms with van der Waals surface area (Å²) in [4.78, 5) is 36.3. The van der Waals surface area contributed by atoms with Crippen LogP contribution in [0.15, 0.2) is 54.1 Å². The fourth-order valence-corrected chi connectivity index (χ4v) is 6.93. The normalized spacial score (nSPS) is 19.0. The van der Waals surface area contributed by atoms with Crippen LogP contribution in [-0.4, -0.2) is 88.3 Å². The molecule has 1 atom stereocenters. The molecule has 3 aromatic heterocycles. The van der Waals surface area contributed by atoms with Gasteiger partial charge in [0.1, 0.15) is 18.1 Å². The van der Waals surface area contributed by atoms with Gasteiger partial charge in [0.25, 0.3) is 0 Å². The Morgan fingerprint density at radius 2 is 1.86 bits per heavy atom. The largest absolute Gasteiger partial charge is 0.487 e. The molecule has 3 aliphatic rings. The van der Waals surface area contributed by atoms with Crippen LogP contribution in [0.2, 0.25) is 0 Å². The number of likely N-dealkylation sites (N-methyl/N-ethyl adjacent to an activating group) is 1. The van der Waals surface area contributed by atoms with Gasteiger partial charge in [-0.3, -0.25) is 19.7 Å². The van der Waals surface area contributed by atoms with Gasteiger partial charge in [-0.25, -0.2) is 9.37 Å². The van der Waals surface area contributed by atoms with E-state index in [9.17, 15) is 4.79 Å². The van der Waals surface area contributed by atoms with E-state index in [0.717, 1.165) is 56.0 Å². The number of pyridine rings is 2. The Morgan fingerprint density at radius 3 is 2.66 bits per heavy atom. The van der Waals surface area contributed by atoms with Gasteiger partial charge in [-0.1, -0.05) is 6.07 Å². The number of halogens is 1. The van der Waals surface area contributed by atoms with Gasteiger partial charge in [0.05, 0.1) is 23.6 Å². The number of ether oxygens (including phenoxy) is 1. The zero-order valence-corrected chi connectivity index (χ0v) is 25.5. The van der Waals surface area contributed by atoms with E-state index in [-0.39, 0.29) is 11.5 Å². The van der Waals surface area contributed by atoms with Crippen LogP contribution in [0.1, 0.15) is 29.5 Å². The topological polar surface area (TPSA) is 82.9 Å². The number of nitrogens with zero attached hydrogens (tertiary/aromatic N) is 8. The lowest BCUT2D eigenvalue weighted by atomic mass is 10.0. The highest BCUT2D eigenvalue weighted by Crippen LogP contribution is 2.40. The van der Waals surface area contributed by atoms with Crippen LogP contribution in [-0.2, 0) is 19.6 Å². The van der Waals surface area contributed by atoms with Gasteiger partial charge in [-0.15, -0.1) is 0 Å². The number of hydrogen-bond acceptors (Lipinski definition) is 9. The van der Waals surface area contributed by atoms with E-state index in [1.54, 1.807) is 12.4 Å². The SMILES string of the molecule is Cc1cncc(CN(Cc2cn3c4c(c(N5CCN(C)CC5)c(F)cc4c2=O)OCC3)C2CCCN(c3cnccn3)C2)c1. The molecule has 0 aliphatic carbocycles. The number of piperidine rings is 1. The average molecular weight is 599 g/mol. The fraction of sp³-hybridized carbons (Fsp3) is 0.455. The third kappa shape index (κ3) is 5.61. The first-order valence-electron chi connectivity index (χ1n) is 15.5. The lowest BCUT2D eigenvalue weighted by molar-refractivity contribution is 0.157. The molecular weight excluding hydrogens is 559 g/mol. The molecule has 1 aromatic carbocycles. The molecule has 7 rings (SSSR count). The Balaban J connectivity index is 1.25. The van der Waals surface area contributed by atoms with E-state index >= 15 is 4.39 Å². The van der Waals surface area contributed by atoms with Gasteiger partial charge >= 0.3 is 0 Å². The van der Waals surface area contributed by atoms with Crippen LogP contribution in [0, 0.1) is 12.7 Å². The van der Waals surface area contributed by atoms with Crippen molar-refractivity contribution in [2.75, 3.05) is 62.7 Å². The number of benzene rings is 1. The van der Waals surface area contributed by atoms with Crippen molar-refractivity contribution in [3.05, 3.63) is 82.0 Å². The molecule has 1 unspecified atom stereocenters. The number of aryl methyl sites for hydroxylation is 1. The van der Waals surface area contributed by atoms with Crippen molar-refractivity contribution >= 4 is 22.4 Å². The maximum absolute atomic E-state index is 15.9. The van der Waals surface area contributed by atoms with Crippen molar-refractivity contribution in [2.24, 2.45) is 0 Å². The van der Waals surface area contributed by atoms with Crippen LogP contribution in [0.3, 0.4) is 0 Å². The lowest BCUT2D eigenvalue weighted by Crippen LogP contribution is -2.48. The van der Waals surface area contributed by atoms with E-state index in [2.05, 4.69) is 52.2 Å². The molecule has 4 aromatic rings. The van der Waals surface area contributed by atoms with Crippen molar-refractivity contribution < 1.29 is 9.13 Å².